The third-order valence-corrected chi connectivity index (χ3v) is 3.84. The summed E-state index contributed by atoms with van der Waals surface area (Å²) in [5.74, 6) is -0.457. The predicted molar refractivity (Wildman–Crippen MR) is 81.7 cm³/mol. The number of halogens is 1. The van der Waals surface area contributed by atoms with E-state index < -0.39 is 5.92 Å². The fourth-order valence-corrected chi connectivity index (χ4v) is 2.81. The van der Waals surface area contributed by atoms with Crippen LogP contribution in [0.3, 0.4) is 0 Å². The molecular weight excluding hydrogens is 320 g/mol. The monoisotopic (exact) mass is 332 g/mol. The average molecular weight is 333 g/mol. The second-order valence-corrected chi connectivity index (χ2v) is 5.42. The van der Waals surface area contributed by atoms with Gasteiger partial charge in [0, 0.05) is 17.7 Å². The van der Waals surface area contributed by atoms with Crippen molar-refractivity contribution in [2.45, 2.75) is 12.5 Å². The lowest BCUT2D eigenvalue weighted by Gasteiger charge is -2.24. The Morgan fingerprint density at radius 1 is 1.57 bits per heavy atom. The lowest BCUT2D eigenvalue weighted by Crippen LogP contribution is -2.21. The Morgan fingerprint density at radius 3 is 3.04 bits per heavy atom. The highest BCUT2D eigenvalue weighted by atomic mass is 35.5. The zero-order valence-corrected chi connectivity index (χ0v) is 12.9. The predicted octanol–water partition coefficient (Wildman–Crippen LogP) is 2.13. The summed E-state index contributed by atoms with van der Waals surface area (Å²) >= 11 is 6.04. The molecule has 0 spiro atoms. The smallest absolute Gasteiger partial charge is 0.244 e. The van der Waals surface area contributed by atoms with Gasteiger partial charge in [0.2, 0.25) is 11.8 Å². The Hall–Kier alpha value is -2.69. The molecule has 2 heterocycles. The number of nitriles is 1. The number of nitrogens with one attached hydrogen (secondary N) is 1. The normalized spacial score (nSPS) is 16.7. The van der Waals surface area contributed by atoms with E-state index in [0.29, 0.717) is 21.8 Å². The highest BCUT2D eigenvalue weighted by Crippen LogP contribution is 2.45. The van der Waals surface area contributed by atoms with E-state index in [9.17, 15) is 10.4 Å². The third kappa shape index (κ3) is 2.48. The summed E-state index contributed by atoms with van der Waals surface area (Å²) in [6.07, 6.45) is 0. The number of nitrogens with zero attached hydrogens (tertiary/aromatic N) is 2. The Morgan fingerprint density at radius 2 is 2.35 bits per heavy atom. The molecule has 23 heavy (non-hydrogen) atoms. The van der Waals surface area contributed by atoms with Crippen molar-refractivity contribution in [2.75, 3.05) is 7.11 Å². The first-order valence-electron chi connectivity index (χ1n) is 6.68. The van der Waals surface area contributed by atoms with E-state index in [1.165, 1.54) is 13.2 Å². The molecule has 0 radical (unpaired) electrons. The molecule has 0 saturated heterocycles. The van der Waals surface area contributed by atoms with Crippen LogP contribution in [0.2, 0.25) is 5.02 Å². The minimum atomic E-state index is -0.647. The van der Waals surface area contributed by atoms with E-state index in [1.807, 2.05) is 6.07 Å². The molecule has 0 bridgehead atoms. The summed E-state index contributed by atoms with van der Waals surface area (Å²) in [4.78, 5) is 0. The molecule has 1 aliphatic rings. The second-order valence-electron chi connectivity index (χ2n) is 4.98. The number of rotatable bonds is 3. The van der Waals surface area contributed by atoms with E-state index >= 15 is 0 Å². The maximum absolute atomic E-state index is 10.2. The number of phenolic OH excluding ortho intramolecular Hbond substituents is 1. The van der Waals surface area contributed by atoms with Crippen molar-refractivity contribution in [3.63, 3.8) is 0 Å². The van der Waals surface area contributed by atoms with Crippen LogP contribution in [0, 0.1) is 11.3 Å². The molecule has 7 nitrogen and oxygen atoms in total. The largest absolute Gasteiger partial charge is 0.508 e. The van der Waals surface area contributed by atoms with Crippen molar-refractivity contribution >= 4 is 11.6 Å². The number of aromatic hydroxyl groups is 1. The topological polar surface area (TPSA) is 117 Å². The number of hydrogen-bond acceptors (Lipinski definition) is 6. The van der Waals surface area contributed by atoms with Gasteiger partial charge in [-0.1, -0.05) is 11.6 Å². The molecule has 3 rings (SSSR count). The van der Waals surface area contributed by atoms with E-state index in [2.05, 4.69) is 10.2 Å². The van der Waals surface area contributed by atoms with Gasteiger partial charge in [-0.05, 0) is 18.2 Å². The Kier molecular flexibility index (Phi) is 3.86. The second kappa shape index (κ2) is 5.83. The number of benzene rings is 1. The first-order valence-corrected chi connectivity index (χ1v) is 7.06. The van der Waals surface area contributed by atoms with E-state index in [1.54, 1.807) is 12.1 Å². The highest BCUT2D eigenvalue weighted by molar-refractivity contribution is 6.30. The number of nitrogens with two attached hydrogens (primary N) is 1. The summed E-state index contributed by atoms with van der Waals surface area (Å²) in [6.45, 7) is 0.238. The standard InChI is InChI=1S/C15H13ClN4O3/c1-22-6-10-13-12(8-4-7(16)2-3-11(8)21)9(5-17)14(18)23-15(13)20-19-10/h2-4,12,21H,6,18H2,1H3,(H,19,20)/t12-/m0/s1. The van der Waals surface area contributed by atoms with Crippen LogP contribution in [0.4, 0.5) is 0 Å². The van der Waals surface area contributed by atoms with Gasteiger partial charge in [-0.2, -0.15) is 5.26 Å². The molecule has 1 aliphatic heterocycles. The van der Waals surface area contributed by atoms with Gasteiger partial charge in [0.15, 0.2) is 0 Å². The maximum atomic E-state index is 10.2. The van der Waals surface area contributed by atoms with Crippen LogP contribution in [0.15, 0.2) is 29.7 Å². The Balaban J connectivity index is 2.26. The fraction of sp³-hybridized carbons (Fsp3) is 0.200. The van der Waals surface area contributed by atoms with Crippen LogP contribution in [-0.4, -0.2) is 22.4 Å². The van der Waals surface area contributed by atoms with Crippen LogP contribution in [0.25, 0.3) is 0 Å². The van der Waals surface area contributed by atoms with E-state index in [-0.39, 0.29) is 29.7 Å². The zero-order chi connectivity index (χ0) is 16.6. The van der Waals surface area contributed by atoms with Crippen molar-refractivity contribution in [3.8, 4) is 17.7 Å². The summed E-state index contributed by atoms with van der Waals surface area (Å²) in [5, 5.41) is 27.0. The molecule has 0 amide bonds. The van der Waals surface area contributed by atoms with Crippen molar-refractivity contribution in [3.05, 3.63) is 51.5 Å². The average Bonchev–Trinajstić information content (AvgIpc) is 2.91. The SMILES string of the molecule is COCc1[nH]nc2c1[C@@H](c1cc(Cl)ccc1O)C(C#N)=C(N)O2. The summed E-state index contributed by atoms with van der Waals surface area (Å²) in [7, 11) is 1.54. The van der Waals surface area contributed by atoms with Crippen molar-refractivity contribution in [1.29, 1.82) is 5.26 Å². The van der Waals surface area contributed by atoms with Crippen molar-refractivity contribution in [2.24, 2.45) is 5.73 Å². The van der Waals surface area contributed by atoms with Gasteiger partial charge in [0.25, 0.3) is 0 Å². The number of fused-ring (bicyclic) bond motifs is 1. The molecule has 0 saturated carbocycles. The number of hydrogen-bond donors (Lipinski definition) is 3. The number of phenols is 1. The van der Waals surface area contributed by atoms with Crippen LogP contribution >= 0.6 is 11.6 Å². The van der Waals surface area contributed by atoms with Gasteiger partial charge in [-0.25, -0.2) is 0 Å². The summed E-state index contributed by atoms with van der Waals surface area (Å²) in [5.41, 5.74) is 7.68. The molecule has 1 aromatic heterocycles. The minimum Gasteiger partial charge on any atom is -0.508 e. The van der Waals surface area contributed by atoms with E-state index in [4.69, 9.17) is 26.8 Å². The van der Waals surface area contributed by atoms with Crippen LogP contribution < -0.4 is 10.5 Å². The summed E-state index contributed by atoms with van der Waals surface area (Å²) in [6, 6.07) is 6.66. The molecular formula is C15H13ClN4O3. The van der Waals surface area contributed by atoms with Crippen molar-refractivity contribution < 1.29 is 14.6 Å². The van der Waals surface area contributed by atoms with Crippen molar-refractivity contribution in [1.82, 2.24) is 10.2 Å². The first kappa shape index (κ1) is 15.2. The number of methoxy groups -OCH3 is 1. The third-order valence-electron chi connectivity index (χ3n) is 3.61. The lowest BCUT2D eigenvalue weighted by molar-refractivity contribution is 0.180. The van der Waals surface area contributed by atoms with Crippen LogP contribution in [0.5, 0.6) is 11.6 Å². The Bertz CT molecular complexity index is 838. The van der Waals surface area contributed by atoms with Gasteiger partial charge in [-0.3, -0.25) is 5.10 Å². The lowest BCUT2D eigenvalue weighted by atomic mass is 9.83. The maximum Gasteiger partial charge on any atom is 0.244 e. The number of H-pyrrole nitrogens is 1. The zero-order valence-electron chi connectivity index (χ0n) is 12.1. The number of aromatic nitrogens is 2. The van der Waals surface area contributed by atoms with Gasteiger partial charge in [0.05, 0.1) is 23.8 Å². The molecule has 0 unspecified atom stereocenters. The van der Waals surface area contributed by atoms with Gasteiger partial charge < -0.3 is 20.3 Å². The molecule has 2 aromatic rings. The summed E-state index contributed by atoms with van der Waals surface area (Å²) < 4.78 is 10.5. The molecule has 4 N–H and O–H groups in total. The molecule has 118 valence electrons. The van der Waals surface area contributed by atoms with Gasteiger partial charge in [0.1, 0.15) is 17.4 Å². The van der Waals surface area contributed by atoms with Crippen LogP contribution in [-0.2, 0) is 11.3 Å². The molecule has 8 heteroatoms. The number of aromatic amines is 1. The first-order chi connectivity index (χ1) is 11.1. The van der Waals surface area contributed by atoms with E-state index in [0.717, 1.165) is 0 Å². The number of allylic oxidation sites excluding steroid dienone is 1. The molecule has 1 aromatic carbocycles. The number of ether oxygens (including phenoxy) is 2. The minimum absolute atomic E-state index is 0.00244. The van der Waals surface area contributed by atoms with Gasteiger partial charge >= 0.3 is 0 Å². The quantitative estimate of drug-likeness (QED) is 0.792. The molecule has 0 aliphatic carbocycles. The Labute approximate surface area is 136 Å². The van der Waals surface area contributed by atoms with Gasteiger partial charge in [-0.15, -0.1) is 5.10 Å². The molecule has 1 atom stereocenters. The highest BCUT2D eigenvalue weighted by Gasteiger charge is 2.36. The fourth-order valence-electron chi connectivity index (χ4n) is 2.63. The molecule has 0 fully saturated rings. The van der Waals surface area contributed by atoms with Crippen LogP contribution in [0.1, 0.15) is 22.7 Å².